The van der Waals surface area contributed by atoms with E-state index in [1.807, 2.05) is 0 Å². The largest absolute Gasteiger partial charge is 2.00 e. The maximum absolute atomic E-state index is 4.94. The average molecular weight is 159 g/mol. The van der Waals surface area contributed by atoms with Gasteiger partial charge in [-0.2, -0.15) is 0 Å². The Bertz CT molecular complexity index is 22.9. The van der Waals surface area contributed by atoms with Gasteiger partial charge in [0.15, 0.2) is 0 Å². The second-order valence-electron chi connectivity index (χ2n) is 1.32. The van der Waals surface area contributed by atoms with Gasteiger partial charge in [0.25, 0.3) is 0 Å². The third-order valence-corrected chi connectivity index (χ3v) is 0.827. The van der Waals surface area contributed by atoms with Gasteiger partial charge in [-0.15, -0.1) is 0 Å². The van der Waals surface area contributed by atoms with Crippen molar-refractivity contribution in [1.82, 2.24) is 0 Å². The van der Waals surface area contributed by atoms with E-state index in [2.05, 4.69) is 0 Å². The summed E-state index contributed by atoms with van der Waals surface area (Å²) in [5.74, 6) is 0. The summed E-state index contributed by atoms with van der Waals surface area (Å²) in [5, 5.41) is 0. The molecule has 1 radical (unpaired) electrons. The molecule has 0 bridgehead atoms. The minimum atomic E-state index is 0. The summed E-state index contributed by atoms with van der Waals surface area (Å²) < 4.78 is 4.94. The first-order valence-electron chi connectivity index (χ1n) is 2.08. The van der Waals surface area contributed by atoms with Gasteiger partial charge in [0.2, 0.25) is 0 Å². The number of ether oxygens (including phenoxy) is 1. The minimum Gasteiger partial charge on any atom is -2.00 e. The molecule has 0 atom stereocenters. The van der Waals surface area contributed by atoms with Crippen molar-refractivity contribution in [2.75, 3.05) is 13.2 Å². The molecule has 0 spiro atoms. The molecule has 0 unspecified atom stereocenters. The molecule has 0 amide bonds. The van der Waals surface area contributed by atoms with E-state index in [4.69, 9.17) is 4.74 Å². The SMILES string of the molecule is C1CCOC1.[Mn].[O-2].[O-2]. The van der Waals surface area contributed by atoms with Gasteiger partial charge in [-0.3, -0.25) is 0 Å². The summed E-state index contributed by atoms with van der Waals surface area (Å²) in [4.78, 5) is 0. The van der Waals surface area contributed by atoms with Crippen molar-refractivity contribution in [1.29, 1.82) is 0 Å². The van der Waals surface area contributed by atoms with Crippen LogP contribution in [0.2, 0.25) is 0 Å². The van der Waals surface area contributed by atoms with Gasteiger partial charge < -0.3 is 15.7 Å². The quantitative estimate of drug-likeness (QED) is 0.476. The molecule has 1 heterocycles. The molecular formula is C4H8MnO3-4. The second kappa shape index (κ2) is 10.4. The van der Waals surface area contributed by atoms with E-state index in [9.17, 15) is 0 Å². The molecule has 8 heavy (non-hydrogen) atoms. The van der Waals surface area contributed by atoms with E-state index < -0.39 is 0 Å². The monoisotopic (exact) mass is 159 g/mol. The summed E-state index contributed by atoms with van der Waals surface area (Å²) >= 11 is 0. The predicted molar refractivity (Wildman–Crippen MR) is 21.4 cm³/mol. The zero-order valence-corrected chi connectivity index (χ0v) is 5.61. The molecule has 4 heteroatoms. The van der Waals surface area contributed by atoms with Crippen LogP contribution in [0.15, 0.2) is 0 Å². The first-order valence-corrected chi connectivity index (χ1v) is 2.08. The molecule has 0 aliphatic carbocycles. The molecule has 1 aliphatic heterocycles. The van der Waals surface area contributed by atoms with Crippen LogP contribution in [0.1, 0.15) is 12.8 Å². The molecule has 3 nitrogen and oxygen atoms in total. The number of rotatable bonds is 0. The van der Waals surface area contributed by atoms with E-state index in [0.29, 0.717) is 0 Å². The zero-order chi connectivity index (χ0) is 3.54. The molecule has 1 aliphatic rings. The zero-order valence-electron chi connectivity index (χ0n) is 4.43. The molecule has 0 saturated carbocycles. The fraction of sp³-hybridized carbons (Fsp3) is 1.00. The van der Waals surface area contributed by atoms with Crippen LogP contribution in [0.3, 0.4) is 0 Å². The van der Waals surface area contributed by atoms with E-state index in [-0.39, 0.29) is 28.0 Å². The van der Waals surface area contributed by atoms with Crippen LogP contribution in [-0.4, -0.2) is 13.2 Å². The van der Waals surface area contributed by atoms with Crippen molar-refractivity contribution in [2.45, 2.75) is 12.8 Å². The van der Waals surface area contributed by atoms with Gasteiger partial charge in [0.05, 0.1) is 0 Å². The van der Waals surface area contributed by atoms with Crippen molar-refractivity contribution in [3.8, 4) is 0 Å². The van der Waals surface area contributed by atoms with Gasteiger partial charge >= 0.3 is 0 Å². The first-order chi connectivity index (χ1) is 2.50. The van der Waals surface area contributed by atoms with E-state index in [0.717, 1.165) is 13.2 Å². The fourth-order valence-electron chi connectivity index (χ4n) is 0.510. The molecule has 53 valence electrons. The second-order valence-corrected chi connectivity index (χ2v) is 1.32. The topological polar surface area (TPSA) is 66.2 Å². The van der Waals surface area contributed by atoms with Crippen molar-refractivity contribution < 1.29 is 32.8 Å². The van der Waals surface area contributed by atoms with Gasteiger partial charge in [-0.1, -0.05) is 0 Å². The number of hydrogen-bond acceptors (Lipinski definition) is 1. The van der Waals surface area contributed by atoms with Crippen LogP contribution in [0.25, 0.3) is 0 Å². The van der Waals surface area contributed by atoms with Crippen LogP contribution in [0.4, 0.5) is 0 Å². The van der Waals surface area contributed by atoms with Gasteiger partial charge in [0.1, 0.15) is 0 Å². The summed E-state index contributed by atoms with van der Waals surface area (Å²) in [6.07, 6.45) is 2.56. The summed E-state index contributed by atoms with van der Waals surface area (Å²) in [7, 11) is 0. The summed E-state index contributed by atoms with van der Waals surface area (Å²) in [5.41, 5.74) is 0. The Kier molecular flexibility index (Phi) is 20.5. The smallest absolute Gasteiger partial charge is 0.0466 e. The fourth-order valence-corrected chi connectivity index (χ4v) is 0.510. The van der Waals surface area contributed by atoms with Crippen LogP contribution in [0, 0.1) is 0 Å². The Morgan fingerprint density at radius 2 is 1.25 bits per heavy atom. The summed E-state index contributed by atoms with van der Waals surface area (Å²) in [6, 6.07) is 0. The van der Waals surface area contributed by atoms with Crippen molar-refractivity contribution in [3.63, 3.8) is 0 Å². The van der Waals surface area contributed by atoms with E-state index in [1.165, 1.54) is 12.8 Å². The average Bonchev–Trinajstić information content (AvgIpc) is 1.76. The Morgan fingerprint density at radius 3 is 1.38 bits per heavy atom. The van der Waals surface area contributed by atoms with Gasteiger partial charge in [-0.05, 0) is 12.8 Å². The minimum absolute atomic E-state index is 0. The van der Waals surface area contributed by atoms with Crippen molar-refractivity contribution >= 4 is 0 Å². The molecule has 1 saturated heterocycles. The van der Waals surface area contributed by atoms with Crippen LogP contribution < -0.4 is 0 Å². The Labute approximate surface area is 59.5 Å². The Balaban J connectivity index is -0.0000000833. The van der Waals surface area contributed by atoms with E-state index in [1.54, 1.807) is 0 Å². The van der Waals surface area contributed by atoms with E-state index >= 15 is 0 Å². The molecule has 1 rings (SSSR count). The molecule has 0 N–H and O–H groups in total. The van der Waals surface area contributed by atoms with Crippen LogP contribution in [0.5, 0.6) is 0 Å². The Morgan fingerprint density at radius 1 is 0.875 bits per heavy atom. The molecule has 0 aromatic carbocycles. The summed E-state index contributed by atoms with van der Waals surface area (Å²) in [6.45, 7) is 2.00. The Hall–Kier alpha value is 0.399. The van der Waals surface area contributed by atoms with Crippen LogP contribution in [-0.2, 0) is 32.8 Å². The first kappa shape index (κ1) is 15.8. The molecular weight excluding hydrogens is 151 g/mol. The molecule has 0 aromatic rings. The maximum atomic E-state index is 4.94. The van der Waals surface area contributed by atoms with Gasteiger partial charge in [0, 0.05) is 30.3 Å². The molecule has 0 aromatic heterocycles. The van der Waals surface area contributed by atoms with Gasteiger partial charge in [-0.25, -0.2) is 0 Å². The standard InChI is InChI=1S/C4H8O.Mn.2O/c1-2-4-5-3-1;;;/h1-4H2;;;/q;;2*-2. The van der Waals surface area contributed by atoms with Crippen molar-refractivity contribution in [3.05, 3.63) is 0 Å². The molecule has 1 fully saturated rings. The normalized spacial score (nSPS) is 15.0. The maximum Gasteiger partial charge on any atom is 0.0466 e. The predicted octanol–water partition coefficient (Wildman–Crippen LogP) is 0.557. The third-order valence-electron chi connectivity index (χ3n) is 0.827. The number of hydrogen-bond donors (Lipinski definition) is 0. The van der Waals surface area contributed by atoms with Crippen molar-refractivity contribution in [2.24, 2.45) is 0 Å². The van der Waals surface area contributed by atoms with Crippen LogP contribution >= 0.6 is 0 Å². The third kappa shape index (κ3) is 6.40.